The Morgan fingerprint density at radius 1 is 1.22 bits per heavy atom. The van der Waals surface area contributed by atoms with Crippen LogP contribution >= 0.6 is 0 Å². The van der Waals surface area contributed by atoms with Gasteiger partial charge >= 0.3 is 6.03 Å². The van der Waals surface area contributed by atoms with E-state index in [9.17, 15) is 23.7 Å². The SMILES string of the molecule is CCCCN(CCc1nc(-c2cccc([N+](=O)[O-])c2)no1)C(=O)Nc1ccc(F)cc1F. The fourth-order valence-electron chi connectivity index (χ4n) is 2.91. The summed E-state index contributed by atoms with van der Waals surface area (Å²) in [5, 5.41) is 17.2. The average Bonchev–Trinajstić information content (AvgIpc) is 3.25. The topological polar surface area (TPSA) is 114 Å². The highest BCUT2D eigenvalue weighted by Gasteiger charge is 2.18. The second kappa shape index (κ2) is 10.4. The molecule has 0 spiro atoms. The van der Waals surface area contributed by atoms with E-state index in [1.165, 1.54) is 23.1 Å². The summed E-state index contributed by atoms with van der Waals surface area (Å²) in [7, 11) is 0. The molecule has 1 aromatic heterocycles. The Balaban J connectivity index is 1.67. The molecule has 11 heteroatoms. The maximum absolute atomic E-state index is 13.9. The van der Waals surface area contributed by atoms with Crippen molar-refractivity contribution in [3.63, 3.8) is 0 Å². The van der Waals surface area contributed by atoms with Crippen LogP contribution in [0.1, 0.15) is 25.7 Å². The van der Waals surface area contributed by atoms with Crippen molar-refractivity contribution in [1.29, 1.82) is 0 Å². The van der Waals surface area contributed by atoms with Crippen LogP contribution in [0.2, 0.25) is 0 Å². The number of hydrogen-bond acceptors (Lipinski definition) is 6. The van der Waals surface area contributed by atoms with Crippen LogP contribution in [0, 0.1) is 21.7 Å². The van der Waals surface area contributed by atoms with Crippen molar-refractivity contribution < 1.29 is 23.0 Å². The molecule has 0 aliphatic carbocycles. The van der Waals surface area contributed by atoms with Crippen LogP contribution in [0.5, 0.6) is 0 Å². The van der Waals surface area contributed by atoms with Gasteiger partial charge in [0.25, 0.3) is 5.69 Å². The number of nitro benzene ring substituents is 1. The zero-order chi connectivity index (χ0) is 23.1. The standard InChI is InChI=1S/C21H21F2N5O4/c1-2-3-10-27(21(29)24-18-8-7-15(22)13-17(18)23)11-9-19-25-20(26-32-19)14-5-4-6-16(12-14)28(30)31/h4-8,12-13H,2-3,9-11H2,1H3,(H,24,29). The van der Waals surface area contributed by atoms with Crippen LogP contribution in [0.25, 0.3) is 11.4 Å². The van der Waals surface area contributed by atoms with Gasteiger partial charge in [0.2, 0.25) is 11.7 Å². The Bertz CT molecular complexity index is 1110. The van der Waals surface area contributed by atoms with Gasteiger partial charge in [-0.15, -0.1) is 0 Å². The highest BCUT2D eigenvalue weighted by atomic mass is 19.1. The van der Waals surface area contributed by atoms with Crippen LogP contribution in [-0.4, -0.2) is 39.1 Å². The van der Waals surface area contributed by atoms with Crippen molar-refractivity contribution in [2.24, 2.45) is 0 Å². The molecule has 0 aliphatic heterocycles. The lowest BCUT2D eigenvalue weighted by Crippen LogP contribution is -2.37. The Morgan fingerprint density at radius 2 is 2.03 bits per heavy atom. The molecule has 0 atom stereocenters. The number of unbranched alkanes of at least 4 members (excludes halogenated alkanes) is 1. The molecule has 2 amide bonds. The van der Waals surface area contributed by atoms with Gasteiger partial charge in [0.15, 0.2) is 0 Å². The Labute approximate surface area is 182 Å². The number of nitro groups is 1. The number of nitrogens with zero attached hydrogens (tertiary/aromatic N) is 4. The number of halogens is 2. The number of urea groups is 1. The van der Waals surface area contributed by atoms with Gasteiger partial charge in [-0.05, 0) is 18.6 Å². The second-order valence-corrected chi connectivity index (χ2v) is 6.96. The molecule has 0 saturated heterocycles. The summed E-state index contributed by atoms with van der Waals surface area (Å²) < 4.78 is 32.2. The first-order valence-electron chi connectivity index (χ1n) is 9.95. The van der Waals surface area contributed by atoms with Gasteiger partial charge in [-0.2, -0.15) is 4.98 Å². The Kier molecular flexibility index (Phi) is 7.42. The number of benzene rings is 2. The second-order valence-electron chi connectivity index (χ2n) is 6.96. The average molecular weight is 445 g/mol. The van der Waals surface area contributed by atoms with Crippen molar-refractivity contribution in [3.8, 4) is 11.4 Å². The Morgan fingerprint density at radius 3 is 2.75 bits per heavy atom. The van der Waals surface area contributed by atoms with Crippen molar-refractivity contribution >= 4 is 17.4 Å². The maximum atomic E-state index is 13.9. The number of carbonyl (C=O) groups excluding carboxylic acids is 1. The largest absolute Gasteiger partial charge is 0.339 e. The van der Waals surface area contributed by atoms with Crippen LogP contribution in [-0.2, 0) is 6.42 Å². The van der Waals surface area contributed by atoms with E-state index in [1.807, 2.05) is 6.92 Å². The summed E-state index contributed by atoms with van der Waals surface area (Å²) in [6.45, 7) is 2.60. The third kappa shape index (κ3) is 5.84. The van der Waals surface area contributed by atoms with Gasteiger partial charge < -0.3 is 14.7 Å². The number of aromatic nitrogens is 2. The predicted molar refractivity (Wildman–Crippen MR) is 112 cm³/mol. The quantitative estimate of drug-likeness (QED) is 0.374. The lowest BCUT2D eigenvalue weighted by atomic mass is 10.2. The maximum Gasteiger partial charge on any atom is 0.321 e. The number of carbonyl (C=O) groups is 1. The van der Waals surface area contributed by atoms with Crippen molar-refractivity contribution in [3.05, 3.63) is 70.1 Å². The van der Waals surface area contributed by atoms with E-state index < -0.39 is 22.6 Å². The van der Waals surface area contributed by atoms with Crippen LogP contribution < -0.4 is 5.32 Å². The smallest absolute Gasteiger partial charge is 0.321 e. The summed E-state index contributed by atoms with van der Waals surface area (Å²) in [4.78, 5) is 28.8. The molecule has 2 aromatic carbocycles. The first kappa shape index (κ1) is 22.8. The fraction of sp³-hybridized carbons (Fsp3) is 0.286. The first-order valence-corrected chi connectivity index (χ1v) is 9.95. The van der Waals surface area contributed by atoms with E-state index in [-0.39, 0.29) is 36.1 Å². The van der Waals surface area contributed by atoms with Gasteiger partial charge in [0, 0.05) is 43.3 Å². The minimum absolute atomic E-state index is 0.0933. The molecule has 32 heavy (non-hydrogen) atoms. The molecule has 168 valence electrons. The summed E-state index contributed by atoms with van der Waals surface area (Å²) in [5.74, 6) is -1.16. The summed E-state index contributed by atoms with van der Waals surface area (Å²) >= 11 is 0. The summed E-state index contributed by atoms with van der Waals surface area (Å²) in [6, 6.07) is 8.22. The normalized spacial score (nSPS) is 10.7. The molecular weight excluding hydrogens is 424 g/mol. The Hall–Kier alpha value is -3.89. The summed E-state index contributed by atoms with van der Waals surface area (Å²) in [6.07, 6.45) is 1.79. The third-order valence-corrected chi connectivity index (χ3v) is 4.62. The van der Waals surface area contributed by atoms with Crippen LogP contribution in [0.4, 0.5) is 25.0 Å². The fourth-order valence-corrected chi connectivity index (χ4v) is 2.91. The number of amides is 2. The predicted octanol–water partition coefficient (Wildman–Crippen LogP) is 4.80. The molecule has 3 rings (SSSR count). The van der Waals surface area contributed by atoms with Gasteiger partial charge in [0.05, 0.1) is 10.6 Å². The van der Waals surface area contributed by atoms with E-state index in [0.717, 1.165) is 25.0 Å². The van der Waals surface area contributed by atoms with Crippen LogP contribution in [0.3, 0.4) is 0 Å². The van der Waals surface area contributed by atoms with E-state index in [4.69, 9.17) is 4.52 Å². The molecule has 0 radical (unpaired) electrons. The number of anilines is 1. The number of hydrogen-bond donors (Lipinski definition) is 1. The monoisotopic (exact) mass is 445 g/mol. The minimum atomic E-state index is -0.868. The van der Waals surface area contributed by atoms with Crippen LogP contribution in [0.15, 0.2) is 47.0 Å². The van der Waals surface area contributed by atoms with Gasteiger partial charge in [-0.1, -0.05) is 30.6 Å². The molecule has 0 fully saturated rings. The lowest BCUT2D eigenvalue weighted by molar-refractivity contribution is -0.384. The zero-order valence-electron chi connectivity index (χ0n) is 17.3. The molecule has 3 aromatic rings. The molecule has 9 nitrogen and oxygen atoms in total. The van der Waals surface area contributed by atoms with Gasteiger partial charge in [-0.25, -0.2) is 13.6 Å². The van der Waals surface area contributed by atoms with Crippen molar-refractivity contribution in [2.45, 2.75) is 26.2 Å². The molecular formula is C21H21F2N5O4. The van der Waals surface area contributed by atoms with E-state index >= 15 is 0 Å². The lowest BCUT2D eigenvalue weighted by Gasteiger charge is -2.22. The molecule has 1 N–H and O–H groups in total. The van der Waals surface area contributed by atoms with E-state index in [2.05, 4.69) is 15.5 Å². The molecule has 0 saturated carbocycles. The molecule has 1 heterocycles. The van der Waals surface area contributed by atoms with Crippen molar-refractivity contribution in [1.82, 2.24) is 15.0 Å². The third-order valence-electron chi connectivity index (χ3n) is 4.62. The number of nitrogens with one attached hydrogen (secondary N) is 1. The van der Waals surface area contributed by atoms with Gasteiger partial charge in [0.1, 0.15) is 11.6 Å². The summed E-state index contributed by atoms with van der Waals surface area (Å²) in [5.41, 5.74) is 0.217. The number of rotatable bonds is 9. The molecule has 0 bridgehead atoms. The highest BCUT2D eigenvalue weighted by Crippen LogP contribution is 2.21. The van der Waals surface area contributed by atoms with E-state index in [1.54, 1.807) is 6.07 Å². The molecule has 0 unspecified atom stereocenters. The molecule has 0 aliphatic rings. The van der Waals surface area contributed by atoms with Gasteiger partial charge in [-0.3, -0.25) is 10.1 Å². The highest BCUT2D eigenvalue weighted by molar-refractivity contribution is 5.89. The first-order chi connectivity index (χ1) is 15.4. The van der Waals surface area contributed by atoms with Crippen molar-refractivity contribution in [2.75, 3.05) is 18.4 Å². The van der Waals surface area contributed by atoms with E-state index in [0.29, 0.717) is 18.2 Å². The minimum Gasteiger partial charge on any atom is -0.339 e. The zero-order valence-corrected chi connectivity index (χ0v) is 17.3. The number of non-ortho nitro benzene ring substituents is 1.